The zero-order valence-electron chi connectivity index (χ0n) is 19.4. The zero-order valence-corrected chi connectivity index (χ0v) is 20.3. The van der Waals surface area contributed by atoms with E-state index in [1.165, 1.54) is 0 Å². The standard InChI is InChI=1S/C23H36NO7P/c1-12-5-6-17-21(2,3)18(25)7-8-23(17)22(12,4)10-14-16(31-32(27,28)29)9-13-15(19(14)30-23)11-24-20(13)26/h12-17,19H,5-11H2,1-4H3,(H,24,26)(H2,27,28,29). The Kier molecular flexibility index (Phi) is 5.10. The van der Waals surface area contributed by atoms with Gasteiger partial charge in [-0.3, -0.25) is 14.1 Å². The van der Waals surface area contributed by atoms with Gasteiger partial charge < -0.3 is 19.8 Å². The van der Waals surface area contributed by atoms with Crippen molar-refractivity contribution >= 4 is 19.5 Å². The summed E-state index contributed by atoms with van der Waals surface area (Å²) in [5.41, 5.74) is -1.20. The first-order chi connectivity index (χ1) is 14.8. The van der Waals surface area contributed by atoms with Crippen molar-refractivity contribution in [1.29, 1.82) is 0 Å². The van der Waals surface area contributed by atoms with Crippen molar-refractivity contribution in [3.63, 3.8) is 0 Å². The van der Waals surface area contributed by atoms with E-state index in [1.54, 1.807) is 0 Å². The minimum absolute atomic E-state index is 0.0401. The number of fused-ring (bicyclic) bond motifs is 3. The molecule has 2 saturated heterocycles. The van der Waals surface area contributed by atoms with Gasteiger partial charge in [0.15, 0.2) is 0 Å². The quantitative estimate of drug-likeness (QED) is 0.532. The molecule has 0 aromatic heterocycles. The molecule has 9 atom stereocenters. The lowest BCUT2D eigenvalue weighted by Gasteiger charge is -2.69. The second-order valence-electron chi connectivity index (χ2n) is 11.8. The lowest BCUT2D eigenvalue weighted by molar-refractivity contribution is -0.321. The Bertz CT molecular complexity index is 886. The summed E-state index contributed by atoms with van der Waals surface area (Å²) in [4.78, 5) is 44.7. The molecule has 5 rings (SSSR count). The highest BCUT2D eigenvalue weighted by atomic mass is 31.2. The van der Waals surface area contributed by atoms with Crippen LogP contribution < -0.4 is 5.32 Å². The Morgan fingerprint density at radius 1 is 1.16 bits per heavy atom. The predicted molar refractivity (Wildman–Crippen MR) is 115 cm³/mol. The molecule has 5 fully saturated rings. The number of Topliss-reactive ketones (excluding diaryl/α,β-unsaturated/α-hetero) is 1. The van der Waals surface area contributed by atoms with Crippen LogP contribution in [0.15, 0.2) is 0 Å². The molecule has 2 heterocycles. The molecule has 180 valence electrons. The highest BCUT2D eigenvalue weighted by Crippen LogP contribution is 2.68. The summed E-state index contributed by atoms with van der Waals surface area (Å²) in [7, 11) is -4.72. The van der Waals surface area contributed by atoms with Crippen LogP contribution in [0, 0.1) is 40.4 Å². The number of nitrogens with one attached hydrogen (secondary N) is 1. The van der Waals surface area contributed by atoms with Crippen LogP contribution in [0.2, 0.25) is 0 Å². The number of phosphoric acid groups is 1. The Hall–Kier alpha value is -0.790. The maximum Gasteiger partial charge on any atom is 0.469 e. The maximum atomic E-state index is 12.9. The van der Waals surface area contributed by atoms with E-state index in [0.29, 0.717) is 31.7 Å². The van der Waals surface area contributed by atoms with Crippen LogP contribution >= 0.6 is 7.82 Å². The van der Waals surface area contributed by atoms with Crippen LogP contribution in [-0.2, 0) is 23.4 Å². The Balaban J connectivity index is 1.60. The average molecular weight is 470 g/mol. The largest absolute Gasteiger partial charge is 0.469 e. The number of rotatable bonds is 2. The molecule has 9 heteroatoms. The number of carbonyl (C=O) groups excluding carboxylic acids is 2. The predicted octanol–water partition coefficient (Wildman–Crippen LogP) is 2.82. The molecule has 0 aromatic carbocycles. The third-order valence-corrected chi connectivity index (χ3v) is 10.8. The van der Waals surface area contributed by atoms with Gasteiger partial charge in [-0.1, -0.05) is 27.7 Å². The molecule has 3 N–H and O–H groups in total. The SMILES string of the molecule is CC1CCC2C(C)(C)C(=O)CCC23OC2C(CC13C)C(OP(=O)(O)O)CC1C(=O)NCC12. The monoisotopic (exact) mass is 469 g/mol. The summed E-state index contributed by atoms with van der Waals surface area (Å²) in [6.07, 6.45) is 3.05. The molecule has 1 spiro atoms. The van der Waals surface area contributed by atoms with Crippen molar-refractivity contribution in [2.45, 2.75) is 84.0 Å². The number of amides is 1. The first-order valence-electron chi connectivity index (χ1n) is 12.0. The molecule has 0 aromatic rings. The van der Waals surface area contributed by atoms with Crippen LogP contribution in [0.5, 0.6) is 0 Å². The van der Waals surface area contributed by atoms with Gasteiger partial charge in [0.1, 0.15) is 5.78 Å². The fourth-order valence-electron chi connectivity index (χ4n) is 8.37. The number of phosphoric ester groups is 1. The van der Waals surface area contributed by atoms with Gasteiger partial charge in [0.25, 0.3) is 0 Å². The molecular weight excluding hydrogens is 433 g/mol. The van der Waals surface area contributed by atoms with Gasteiger partial charge in [0, 0.05) is 42.1 Å². The minimum Gasteiger partial charge on any atom is -0.370 e. The van der Waals surface area contributed by atoms with Gasteiger partial charge in [-0.25, -0.2) is 4.57 Å². The summed E-state index contributed by atoms with van der Waals surface area (Å²) < 4.78 is 24.3. The first kappa shape index (κ1) is 23.0. The van der Waals surface area contributed by atoms with Gasteiger partial charge in [-0.2, -0.15) is 0 Å². The third kappa shape index (κ3) is 3.06. The lowest BCUT2D eigenvalue weighted by Crippen LogP contribution is -2.72. The van der Waals surface area contributed by atoms with Crippen LogP contribution in [-0.4, -0.2) is 45.8 Å². The van der Waals surface area contributed by atoms with Crippen molar-refractivity contribution < 1.29 is 33.2 Å². The van der Waals surface area contributed by atoms with E-state index in [9.17, 15) is 23.9 Å². The summed E-state index contributed by atoms with van der Waals surface area (Å²) in [5.74, 6) is 0.0279. The normalized spacial score (nSPS) is 50.0. The van der Waals surface area contributed by atoms with Crippen molar-refractivity contribution in [3.05, 3.63) is 0 Å². The van der Waals surface area contributed by atoms with Crippen LogP contribution in [0.4, 0.5) is 0 Å². The van der Waals surface area contributed by atoms with Gasteiger partial charge in [-0.15, -0.1) is 0 Å². The molecule has 0 radical (unpaired) electrons. The Labute approximate surface area is 189 Å². The Morgan fingerprint density at radius 3 is 2.56 bits per heavy atom. The molecule has 8 nitrogen and oxygen atoms in total. The molecule has 3 aliphatic carbocycles. The summed E-state index contributed by atoms with van der Waals surface area (Å²) in [5, 5.41) is 2.94. The fraction of sp³-hybridized carbons (Fsp3) is 0.913. The number of ether oxygens (including phenoxy) is 1. The molecule has 9 unspecified atom stereocenters. The number of hydrogen-bond acceptors (Lipinski definition) is 5. The van der Waals surface area contributed by atoms with Crippen LogP contribution in [0.25, 0.3) is 0 Å². The fourth-order valence-corrected chi connectivity index (χ4v) is 8.97. The zero-order chi connectivity index (χ0) is 23.3. The summed E-state index contributed by atoms with van der Waals surface area (Å²) >= 11 is 0. The molecule has 0 bridgehead atoms. The molecule has 1 amide bonds. The van der Waals surface area contributed by atoms with E-state index in [2.05, 4.69) is 33.0 Å². The van der Waals surface area contributed by atoms with Gasteiger partial charge >= 0.3 is 7.82 Å². The highest BCUT2D eigenvalue weighted by Gasteiger charge is 2.70. The minimum atomic E-state index is -4.72. The van der Waals surface area contributed by atoms with E-state index in [0.717, 1.165) is 19.3 Å². The molecule has 32 heavy (non-hydrogen) atoms. The maximum absolute atomic E-state index is 12.9. The lowest BCUT2D eigenvalue weighted by atomic mass is 9.42. The second kappa shape index (κ2) is 7.11. The molecule has 3 saturated carbocycles. The first-order valence-corrected chi connectivity index (χ1v) is 13.6. The summed E-state index contributed by atoms with van der Waals surface area (Å²) in [6, 6.07) is 0. The van der Waals surface area contributed by atoms with Gasteiger partial charge in [0.2, 0.25) is 5.91 Å². The van der Waals surface area contributed by atoms with E-state index in [-0.39, 0.29) is 46.9 Å². The Morgan fingerprint density at radius 2 is 1.88 bits per heavy atom. The van der Waals surface area contributed by atoms with Crippen molar-refractivity contribution in [2.75, 3.05) is 6.54 Å². The van der Waals surface area contributed by atoms with Crippen molar-refractivity contribution in [2.24, 2.45) is 40.4 Å². The summed E-state index contributed by atoms with van der Waals surface area (Å²) in [6.45, 7) is 9.12. The number of carbonyl (C=O) groups is 2. The van der Waals surface area contributed by atoms with E-state index >= 15 is 0 Å². The van der Waals surface area contributed by atoms with Crippen molar-refractivity contribution in [3.8, 4) is 0 Å². The second-order valence-corrected chi connectivity index (χ2v) is 13.0. The molecule has 2 aliphatic heterocycles. The van der Waals surface area contributed by atoms with Crippen LogP contribution in [0.3, 0.4) is 0 Å². The average Bonchev–Trinajstić information content (AvgIpc) is 3.05. The van der Waals surface area contributed by atoms with Crippen LogP contribution in [0.1, 0.15) is 66.2 Å². The van der Waals surface area contributed by atoms with E-state index < -0.39 is 24.9 Å². The third-order valence-electron chi connectivity index (χ3n) is 10.3. The van der Waals surface area contributed by atoms with E-state index in [4.69, 9.17) is 9.26 Å². The number of ketones is 1. The molecule has 5 aliphatic rings. The van der Waals surface area contributed by atoms with Crippen molar-refractivity contribution in [1.82, 2.24) is 5.32 Å². The topological polar surface area (TPSA) is 122 Å². The van der Waals surface area contributed by atoms with Gasteiger partial charge in [-0.05, 0) is 43.4 Å². The number of hydrogen-bond donors (Lipinski definition) is 3. The van der Waals surface area contributed by atoms with E-state index in [1.807, 2.05) is 0 Å². The van der Waals surface area contributed by atoms with Gasteiger partial charge in [0.05, 0.1) is 17.8 Å². The molecular formula is C23H36NO7P. The smallest absolute Gasteiger partial charge is 0.370 e. The highest BCUT2D eigenvalue weighted by molar-refractivity contribution is 7.46.